The van der Waals surface area contributed by atoms with E-state index in [0.29, 0.717) is 5.54 Å². The van der Waals surface area contributed by atoms with Gasteiger partial charge in [0.2, 0.25) is 0 Å². The van der Waals surface area contributed by atoms with Gasteiger partial charge >= 0.3 is 0 Å². The molecule has 2 heteroatoms. The third kappa shape index (κ3) is 2.79. The molecule has 1 aromatic carbocycles. The van der Waals surface area contributed by atoms with E-state index in [0.717, 1.165) is 18.1 Å². The van der Waals surface area contributed by atoms with E-state index in [9.17, 15) is 0 Å². The molecule has 2 fully saturated rings. The Labute approximate surface area is 116 Å². The number of ether oxygens (including phenoxy) is 1. The molecule has 19 heavy (non-hydrogen) atoms. The van der Waals surface area contributed by atoms with E-state index < -0.39 is 0 Å². The summed E-state index contributed by atoms with van der Waals surface area (Å²) in [5, 5.41) is 3.90. The number of hydrogen-bond acceptors (Lipinski definition) is 2. The van der Waals surface area contributed by atoms with Crippen LogP contribution < -0.4 is 10.1 Å². The Balaban J connectivity index is 1.84. The average molecular weight is 259 g/mol. The topological polar surface area (TPSA) is 21.3 Å². The second-order valence-corrected chi connectivity index (χ2v) is 6.16. The number of rotatable bonds is 4. The highest BCUT2D eigenvalue weighted by Crippen LogP contribution is 2.45. The van der Waals surface area contributed by atoms with Gasteiger partial charge in [0.1, 0.15) is 5.75 Å². The fourth-order valence-electron chi connectivity index (χ4n) is 3.64. The normalized spacial score (nSPS) is 27.8. The molecular formula is C17H25NO. The lowest BCUT2D eigenvalue weighted by Crippen LogP contribution is -2.48. The molecule has 3 rings (SSSR count). The van der Waals surface area contributed by atoms with Gasteiger partial charge < -0.3 is 10.1 Å². The van der Waals surface area contributed by atoms with Crippen molar-refractivity contribution in [2.24, 2.45) is 5.92 Å². The van der Waals surface area contributed by atoms with Gasteiger partial charge in [-0.2, -0.15) is 0 Å². The predicted octanol–water partition coefficient (Wildman–Crippen LogP) is 3.55. The first-order chi connectivity index (χ1) is 9.34. The second kappa shape index (κ2) is 5.54. The summed E-state index contributed by atoms with van der Waals surface area (Å²) in [6, 6.07) is 8.52. The fourth-order valence-corrected chi connectivity index (χ4v) is 3.64. The lowest BCUT2D eigenvalue weighted by molar-refractivity contribution is 0.267. The number of para-hydroxylation sites is 1. The van der Waals surface area contributed by atoms with Crippen molar-refractivity contribution in [1.29, 1.82) is 0 Å². The highest BCUT2D eigenvalue weighted by molar-refractivity contribution is 5.35. The molecule has 1 heterocycles. The zero-order valence-electron chi connectivity index (χ0n) is 12.0. The van der Waals surface area contributed by atoms with E-state index in [2.05, 4.69) is 29.6 Å². The third-order valence-corrected chi connectivity index (χ3v) is 4.83. The van der Waals surface area contributed by atoms with Gasteiger partial charge in [0.15, 0.2) is 0 Å². The van der Waals surface area contributed by atoms with Crippen LogP contribution in [0, 0.1) is 5.92 Å². The standard InChI is InChI=1S/C17H25NO/c1-19-16-8-4-3-7-14(16)13-17(15-9-10-15)11-5-2-6-12-18-17/h3-4,7-8,15,18H,2,5-6,9-13H2,1H3. The van der Waals surface area contributed by atoms with Crippen molar-refractivity contribution < 1.29 is 4.74 Å². The quantitative estimate of drug-likeness (QED) is 0.893. The lowest BCUT2D eigenvalue weighted by atomic mass is 9.82. The van der Waals surface area contributed by atoms with Gasteiger partial charge in [0.25, 0.3) is 0 Å². The van der Waals surface area contributed by atoms with E-state index in [4.69, 9.17) is 4.74 Å². The molecule has 1 saturated heterocycles. The molecule has 1 unspecified atom stereocenters. The average Bonchev–Trinajstić information content (AvgIpc) is 3.27. The number of methoxy groups -OCH3 is 1. The summed E-state index contributed by atoms with van der Waals surface area (Å²) in [7, 11) is 1.78. The molecule has 1 N–H and O–H groups in total. The molecule has 1 aliphatic heterocycles. The second-order valence-electron chi connectivity index (χ2n) is 6.16. The van der Waals surface area contributed by atoms with Crippen LogP contribution in [-0.2, 0) is 6.42 Å². The largest absolute Gasteiger partial charge is 0.496 e. The predicted molar refractivity (Wildman–Crippen MR) is 78.6 cm³/mol. The zero-order chi connectivity index (χ0) is 13.1. The monoisotopic (exact) mass is 259 g/mol. The van der Waals surface area contributed by atoms with Gasteiger partial charge in [-0.25, -0.2) is 0 Å². The van der Waals surface area contributed by atoms with Gasteiger partial charge in [0.05, 0.1) is 7.11 Å². The van der Waals surface area contributed by atoms with Crippen molar-refractivity contribution in [2.75, 3.05) is 13.7 Å². The van der Waals surface area contributed by atoms with Crippen LogP contribution in [0.3, 0.4) is 0 Å². The molecule has 0 amide bonds. The van der Waals surface area contributed by atoms with Crippen molar-refractivity contribution >= 4 is 0 Å². The maximum absolute atomic E-state index is 5.54. The van der Waals surface area contributed by atoms with Gasteiger partial charge in [-0.3, -0.25) is 0 Å². The van der Waals surface area contributed by atoms with Crippen LogP contribution in [0.25, 0.3) is 0 Å². The smallest absolute Gasteiger partial charge is 0.122 e. The van der Waals surface area contributed by atoms with Gasteiger partial charge in [-0.05, 0) is 56.2 Å². The Morgan fingerprint density at radius 3 is 2.84 bits per heavy atom. The Morgan fingerprint density at radius 1 is 1.21 bits per heavy atom. The molecule has 0 aromatic heterocycles. The minimum absolute atomic E-state index is 0.338. The summed E-state index contributed by atoms with van der Waals surface area (Å²) in [6.07, 6.45) is 9.36. The molecule has 1 atom stereocenters. The van der Waals surface area contributed by atoms with E-state index in [1.807, 2.05) is 0 Å². The number of benzene rings is 1. The highest BCUT2D eigenvalue weighted by Gasteiger charge is 2.45. The minimum atomic E-state index is 0.338. The molecule has 0 radical (unpaired) electrons. The Bertz CT molecular complexity index is 417. The first kappa shape index (κ1) is 13.0. The molecular weight excluding hydrogens is 234 g/mol. The Hall–Kier alpha value is -1.02. The van der Waals surface area contributed by atoms with Crippen LogP contribution >= 0.6 is 0 Å². The molecule has 1 aromatic rings. The Morgan fingerprint density at radius 2 is 2.05 bits per heavy atom. The molecule has 2 aliphatic rings. The summed E-state index contributed by atoms with van der Waals surface area (Å²) in [4.78, 5) is 0. The third-order valence-electron chi connectivity index (χ3n) is 4.83. The van der Waals surface area contributed by atoms with Gasteiger partial charge in [-0.1, -0.05) is 31.0 Å². The lowest BCUT2D eigenvalue weighted by Gasteiger charge is -2.35. The van der Waals surface area contributed by atoms with E-state index in [-0.39, 0.29) is 0 Å². The van der Waals surface area contributed by atoms with Crippen LogP contribution in [0.5, 0.6) is 5.75 Å². The SMILES string of the molecule is COc1ccccc1CC1(C2CC2)CCCCCN1. The molecule has 2 nitrogen and oxygen atoms in total. The van der Waals surface area contributed by atoms with E-state index in [1.54, 1.807) is 7.11 Å². The number of hydrogen-bond donors (Lipinski definition) is 1. The summed E-state index contributed by atoms with van der Waals surface area (Å²) in [6.45, 7) is 1.19. The van der Waals surface area contributed by atoms with Crippen molar-refractivity contribution in [2.45, 2.75) is 50.5 Å². The van der Waals surface area contributed by atoms with Gasteiger partial charge in [-0.15, -0.1) is 0 Å². The van der Waals surface area contributed by atoms with Crippen molar-refractivity contribution in [1.82, 2.24) is 5.32 Å². The molecule has 1 aliphatic carbocycles. The summed E-state index contributed by atoms with van der Waals surface area (Å²) in [5.74, 6) is 1.93. The van der Waals surface area contributed by atoms with E-state index >= 15 is 0 Å². The summed E-state index contributed by atoms with van der Waals surface area (Å²) >= 11 is 0. The van der Waals surface area contributed by atoms with Crippen LogP contribution in [0.2, 0.25) is 0 Å². The molecule has 0 bridgehead atoms. The number of nitrogens with one attached hydrogen (secondary N) is 1. The van der Waals surface area contributed by atoms with Gasteiger partial charge in [0, 0.05) is 5.54 Å². The van der Waals surface area contributed by atoms with Crippen LogP contribution in [0.4, 0.5) is 0 Å². The first-order valence-electron chi connectivity index (χ1n) is 7.71. The van der Waals surface area contributed by atoms with Crippen LogP contribution in [-0.4, -0.2) is 19.2 Å². The first-order valence-corrected chi connectivity index (χ1v) is 7.71. The molecule has 0 spiro atoms. The van der Waals surface area contributed by atoms with Crippen molar-refractivity contribution in [3.63, 3.8) is 0 Å². The maximum atomic E-state index is 5.54. The van der Waals surface area contributed by atoms with Crippen LogP contribution in [0.1, 0.15) is 44.1 Å². The molecule has 1 saturated carbocycles. The van der Waals surface area contributed by atoms with E-state index in [1.165, 1.54) is 50.6 Å². The van der Waals surface area contributed by atoms with Crippen LogP contribution in [0.15, 0.2) is 24.3 Å². The maximum Gasteiger partial charge on any atom is 0.122 e. The van der Waals surface area contributed by atoms with Crippen molar-refractivity contribution in [3.05, 3.63) is 29.8 Å². The highest BCUT2D eigenvalue weighted by atomic mass is 16.5. The fraction of sp³-hybridized carbons (Fsp3) is 0.647. The Kier molecular flexibility index (Phi) is 3.79. The zero-order valence-corrected chi connectivity index (χ0v) is 12.0. The van der Waals surface area contributed by atoms with Crippen molar-refractivity contribution in [3.8, 4) is 5.75 Å². The summed E-state index contributed by atoms with van der Waals surface area (Å²) < 4.78 is 5.54. The summed E-state index contributed by atoms with van der Waals surface area (Å²) in [5.41, 5.74) is 1.71. The minimum Gasteiger partial charge on any atom is -0.496 e. The molecule has 104 valence electrons.